The summed E-state index contributed by atoms with van der Waals surface area (Å²) in [5.41, 5.74) is 0. The Morgan fingerprint density at radius 3 is 1.78 bits per heavy atom. The van der Waals surface area contributed by atoms with Crippen LogP contribution in [0.25, 0.3) is 0 Å². The first kappa shape index (κ1) is 40.5. The first-order valence-electron chi connectivity index (χ1n) is 16.2. The van der Waals surface area contributed by atoms with Crippen molar-refractivity contribution in [3.05, 3.63) is 0 Å². The molecular formula is C31H63ClN2O7. The average Bonchev–Trinajstić information content (AvgIpc) is 2.93. The first-order valence-corrected chi connectivity index (χ1v) is 16.2. The second kappa shape index (κ2) is 24.9. The standard InChI is InChI=1S/C31H62N2O7.ClH/c1-4-5-6-7-8-9-10-11-12-13-14-15-16-17-18-20-27(35)32-21-19-22-33(2,3)23-24-39-31-30(38)29(37)28(36)26(25-34)40-31;/h26,28-31,34,36-38H,4-25H2,1-3H3;1H. The molecule has 0 aromatic heterocycles. The number of likely N-dealkylation sites (N-methyl/N-ethyl adjacent to an activating group) is 1. The lowest BCUT2D eigenvalue weighted by atomic mass is 9.99. The quantitative estimate of drug-likeness (QED) is 0.0758. The Labute approximate surface area is 256 Å². The minimum absolute atomic E-state index is 0. The molecule has 1 amide bonds. The molecule has 5 atom stereocenters. The van der Waals surface area contributed by atoms with Crippen molar-refractivity contribution in [2.45, 2.75) is 147 Å². The maximum absolute atomic E-state index is 12.2. The van der Waals surface area contributed by atoms with Crippen LogP contribution in [-0.2, 0) is 14.3 Å². The molecule has 0 aromatic carbocycles. The summed E-state index contributed by atoms with van der Waals surface area (Å²) in [4.78, 5) is 12.2. The predicted octanol–water partition coefficient (Wildman–Crippen LogP) is 0.651. The molecule has 9 nitrogen and oxygen atoms in total. The van der Waals surface area contributed by atoms with Crippen LogP contribution < -0.4 is 17.7 Å². The van der Waals surface area contributed by atoms with E-state index in [9.17, 15) is 25.2 Å². The second-order valence-electron chi connectivity index (χ2n) is 12.4. The fraction of sp³-hybridized carbons (Fsp3) is 0.968. The molecule has 0 aliphatic carbocycles. The van der Waals surface area contributed by atoms with Crippen molar-refractivity contribution in [1.82, 2.24) is 5.32 Å². The minimum Gasteiger partial charge on any atom is -1.00 e. The third-order valence-electron chi connectivity index (χ3n) is 8.10. The molecule has 1 heterocycles. The number of halogens is 1. The molecule has 0 radical (unpaired) electrons. The highest BCUT2D eigenvalue weighted by molar-refractivity contribution is 5.75. The zero-order valence-electron chi connectivity index (χ0n) is 26.3. The van der Waals surface area contributed by atoms with E-state index >= 15 is 0 Å². The number of quaternary nitrogens is 1. The van der Waals surface area contributed by atoms with Crippen molar-refractivity contribution in [3.63, 3.8) is 0 Å². The molecule has 5 unspecified atom stereocenters. The smallest absolute Gasteiger partial charge is 0.219 e. The Morgan fingerprint density at radius 1 is 0.756 bits per heavy atom. The topological polar surface area (TPSA) is 128 Å². The molecule has 0 aromatic rings. The Balaban J connectivity index is 0.0000160. The fourth-order valence-electron chi connectivity index (χ4n) is 5.21. The van der Waals surface area contributed by atoms with Gasteiger partial charge in [0.15, 0.2) is 6.29 Å². The Kier molecular flexibility index (Phi) is 24.6. The average molecular weight is 611 g/mol. The first-order chi connectivity index (χ1) is 19.2. The number of hydrogen-bond donors (Lipinski definition) is 5. The molecule has 0 spiro atoms. The molecule has 0 bridgehead atoms. The molecule has 1 fully saturated rings. The van der Waals surface area contributed by atoms with Gasteiger partial charge in [-0.05, 0) is 6.42 Å². The summed E-state index contributed by atoms with van der Waals surface area (Å²) in [6.45, 7) is 4.20. The number of hydrogen-bond acceptors (Lipinski definition) is 7. The van der Waals surface area contributed by atoms with E-state index in [4.69, 9.17) is 9.47 Å². The molecule has 1 aliphatic rings. The van der Waals surface area contributed by atoms with Crippen molar-refractivity contribution in [3.8, 4) is 0 Å². The van der Waals surface area contributed by atoms with Gasteiger partial charge >= 0.3 is 0 Å². The number of aliphatic hydroxyl groups is 4. The monoisotopic (exact) mass is 610 g/mol. The van der Waals surface area contributed by atoms with E-state index in [0.717, 1.165) is 25.8 Å². The van der Waals surface area contributed by atoms with Gasteiger partial charge in [-0.3, -0.25) is 4.79 Å². The summed E-state index contributed by atoms with van der Waals surface area (Å²) < 4.78 is 11.6. The van der Waals surface area contributed by atoms with E-state index in [1.54, 1.807) is 0 Å². The number of unbranched alkanes of at least 4 members (excludes halogenated alkanes) is 14. The number of carbonyl (C=O) groups excluding carboxylic acids is 1. The maximum Gasteiger partial charge on any atom is 0.219 e. The highest BCUT2D eigenvalue weighted by Crippen LogP contribution is 2.22. The molecule has 0 saturated carbocycles. The van der Waals surface area contributed by atoms with E-state index in [-0.39, 0.29) is 24.9 Å². The van der Waals surface area contributed by atoms with E-state index < -0.39 is 37.3 Å². The van der Waals surface area contributed by atoms with Crippen LogP contribution in [0.1, 0.15) is 116 Å². The Hall–Kier alpha value is -0.520. The number of amides is 1. The lowest BCUT2D eigenvalue weighted by Crippen LogP contribution is -3.00. The molecule has 5 N–H and O–H groups in total. The maximum atomic E-state index is 12.2. The lowest BCUT2D eigenvalue weighted by Gasteiger charge is -2.40. The van der Waals surface area contributed by atoms with Crippen molar-refractivity contribution in [2.75, 3.05) is 46.9 Å². The van der Waals surface area contributed by atoms with E-state index in [0.29, 0.717) is 24.0 Å². The number of rotatable bonds is 25. The number of nitrogens with one attached hydrogen (secondary N) is 1. The zero-order valence-corrected chi connectivity index (χ0v) is 27.0. The van der Waals surface area contributed by atoms with Crippen LogP contribution in [0, 0.1) is 0 Å². The number of ether oxygens (including phenoxy) is 2. The molecule has 246 valence electrons. The highest BCUT2D eigenvalue weighted by Gasteiger charge is 2.44. The van der Waals surface area contributed by atoms with E-state index in [1.807, 2.05) is 0 Å². The van der Waals surface area contributed by atoms with Gasteiger partial charge < -0.3 is 52.1 Å². The van der Waals surface area contributed by atoms with Gasteiger partial charge in [0.2, 0.25) is 5.91 Å². The Morgan fingerprint density at radius 2 is 1.27 bits per heavy atom. The van der Waals surface area contributed by atoms with Crippen molar-refractivity contribution >= 4 is 5.91 Å². The van der Waals surface area contributed by atoms with Gasteiger partial charge in [-0.15, -0.1) is 0 Å². The number of aliphatic hydroxyl groups excluding tert-OH is 4. The van der Waals surface area contributed by atoms with Crippen LogP contribution in [0.4, 0.5) is 0 Å². The van der Waals surface area contributed by atoms with Crippen molar-refractivity contribution in [2.24, 2.45) is 0 Å². The molecule has 1 saturated heterocycles. The summed E-state index contributed by atoms with van der Waals surface area (Å²) in [7, 11) is 4.13. The summed E-state index contributed by atoms with van der Waals surface area (Å²) in [6.07, 6.45) is 15.0. The van der Waals surface area contributed by atoms with Gasteiger partial charge in [0.05, 0.1) is 33.9 Å². The van der Waals surface area contributed by atoms with Crippen LogP contribution in [-0.4, -0.2) is 108 Å². The lowest BCUT2D eigenvalue weighted by molar-refractivity contribution is -0.891. The van der Waals surface area contributed by atoms with Gasteiger partial charge in [-0.25, -0.2) is 0 Å². The van der Waals surface area contributed by atoms with Crippen LogP contribution in [0.5, 0.6) is 0 Å². The van der Waals surface area contributed by atoms with E-state index in [2.05, 4.69) is 26.3 Å². The van der Waals surface area contributed by atoms with Crippen LogP contribution >= 0.6 is 0 Å². The van der Waals surface area contributed by atoms with Crippen LogP contribution in [0.15, 0.2) is 0 Å². The molecule has 1 rings (SSSR count). The normalized spacial score (nSPS) is 22.9. The molecule has 1 aliphatic heterocycles. The Bertz CT molecular complexity index is 627. The van der Waals surface area contributed by atoms with Crippen molar-refractivity contribution < 1.29 is 51.6 Å². The summed E-state index contributed by atoms with van der Waals surface area (Å²) in [5.74, 6) is 0.131. The SMILES string of the molecule is CCCCCCCCCCCCCCCCCC(=O)NCCC[N+](C)(C)CCOC1OC(CO)C(O)C(O)C1O.[Cl-]. The minimum atomic E-state index is -1.43. The second-order valence-corrected chi connectivity index (χ2v) is 12.4. The third kappa shape index (κ3) is 19.4. The zero-order chi connectivity index (χ0) is 29.6. The van der Waals surface area contributed by atoms with Gasteiger partial charge in [-0.2, -0.15) is 0 Å². The summed E-state index contributed by atoms with van der Waals surface area (Å²) in [5, 5.41) is 42.1. The van der Waals surface area contributed by atoms with E-state index in [1.165, 1.54) is 83.5 Å². The van der Waals surface area contributed by atoms with Gasteiger partial charge in [0.25, 0.3) is 0 Å². The van der Waals surface area contributed by atoms with Crippen LogP contribution in [0.2, 0.25) is 0 Å². The number of carbonyl (C=O) groups is 1. The largest absolute Gasteiger partial charge is 1.00 e. The van der Waals surface area contributed by atoms with Crippen molar-refractivity contribution in [1.29, 1.82) is 0 Å². The summed E-state index contributed by atoms with van der Waals surface area (Å²) >= 11 is 0. The molecule has 41 heavy (non-hydrogen) atoms. The summed E-state index contributed by atoms with van der Waals surface area (Å²) in [6, 6.07) is 0. The number of nitrogens with zero attached hydrogens (tertiary/aromatic N) is 1. The molecular weight excluding hydrogens is 548 g/mol. The predicted molar refractivity (Wildman–Crippen MR) is 159 cm³/mol. The van der Waals surface area contributed by atoms with Gasteiger partial charge in [0.1, 0.15) is 31.0 Å². The van der Waals surface area contributed by atoms with Gasteiger partial charge in [-0.1, -0.05) is 96.8 Å². The molecule has 10 heteroatoms. The highest BCUT2D eigenvalue weighted by atomic mass is 35.5. The van der Waals surface area contributed by atoms with Crippen LogP contribution in [0.3, 0.4) is 0 Å². The third-order valence-corrected chi connectivity index (χ3v) is 8.10. The fourth-order valence-corrected chi connectivity index (χ4v) is 5.21. The van der Waals surface area contributed by atoms with Gasteiger partial charge in [0, 0.05) is 19.4 Å².